The van der Waals surface area contributed by atoms with E-state index in [4.69, 9.17) is 21.1 Å². The Hall–Kier alpha value is -2.20. The quantitative estimate of drug-likeness (QED) is 0.736. The molecule has 2 aromatic rings. The molecule has 0 aliphatic carbocycles. The first-order valence-corrected chi connectivity index (χ1v) is 8.82. The summed E-state index contributed by atoms with van der Waals surface area (Å²) in [5, 5.41) is 3.56. The molecule has 134 valence electrons. The highest BCUT2D eigenvalue weighted by atomic mass is 35.5. The number of hydrogen-bond donors (Lipinski definition) is 1. The Morgan fingerprint density at radius 3 is 2.32 bits per heavy atom. The molecule has 0 aromatic heterocycles. The molecule has 0 fully saturated rings. The summed E-state index contributed by atoms with van der Waals surface area (Å²) < 4.78 is 11.0. The van der Waals surface area contributed by atoms with Gasteiger partial charge in [-0.1, -0.05) is 49.7 Å². The highest BCUT2D eigenvalue weighted by molar-refractivity contribution is 6.32. The summed E-state index contributed by atoms with van der Waals surface area (Å²) in [4.78, 5) is 12.7. The summed E-state index contributed by atoms with van der Waals surface area (Å²) >= 11 is 6.12. The van der Waals surface area contributed by atoms with Crippen LogP contribution in [0.1, 0.15) is 38.3 Å². The van der Waals surface area contributed by atoms with Crippen molar-refractivity contribution in [2.75, 3.05) is 7.11 Å². The lowest BCUT2D eigenvalue weighted by molar-refractivity contribution is -0.128. The highest BCUT2D eigenvalue weighted by Crippen LogP contribution is 2.25. The molecule has 2 aromatic carbocycles. The van der Waals surface area contributed by atoms with Gasteiger partial charge in [-0.05, 0) is 42.7 Å². The Bertz CT molecular complexity index is 688. The van der Waals surface area contributed by atoms with E-state index in [2.05, 4.69) is 5.32 Å². The number of nitrogens with one attached hydrogen (secondary N) is 1. The van der Waals surface area contributed by atoms with Gasteiger partial charge in [-0.2, -0.15) is 0 Å². The van der Waals surface area contributed by atoms with Gasteiger partial charge in [0.1, 0.15) is 11.5 Å². The zero-order valence-corrected chi connectivity index (χ0v) is 15.5. The largest absolute Gasteiger partial charge is 0.497 e. The number of rotatable bonds is 8. The minimum absolute atomic E-state index is 0.0812. The molecule has 0 heterocycles. The normalized spacial score (nSPS) is 13.0. The van der Waals surface area contributed by atoms with Gasteiger partial charge in [-0.3, -0.25) is 4.79 Å². The van der Waals surface area contributed by atoms with Crippen LogP contribution in [0.2, 0.25) is 5.02 Å². The average Bonchev–Trinajstić information content (AvgIpc) is 2.65. The summed E-state index contributed by atoms with van der Waals surface area (Å²) in [6.07, 6.45) is 0.740. The van der Waals surface area contributed by atoms with Crippen LogP contribution >= 0.6 is 11.6 Å². The number of amides is 1. The summed E-state index contributed by atoms with van der Waals surface area (Å²) in [5.74, 6) is 1.16. The van der Waals surface area contributed by atoms with E-state index >= 15 is 0 Å². The summed E-state index contributed by atoms with van der Waals surface area (Å²) in [7, 11) is 1.63. The fraction of sp³-hybridized carbons (Fsp3) is 0.350. The zero-order valence-electron chi connectivity index (χ0n) is 14.8. The van der Waals surface area contributed by atoms with E-state index in [1.807, 2.05) is 50.2 Å². The van der Waals surface area contributed by atoms with E-state index in [-0.39, 0.29) is 11.9 Å². The first kappa shape index (κ1) is 19.1. The second kappa shape index (κ2) is 9.33. The maximum absolute atomic E-state index is 12.7. The van der Waals surface area contributed by atoms with Crippen LogP contribution in [0.5, 0.6) is 11.5 Å². The molecule has 0 aliphatic rings. The van der Waals surface area contributed by atoms with Crippen LogP contribution in [0.4, 0.5) is 0 Å². The molecule has 0 aliphatic heterocycles. The Morgan fingerprint density at radius 1 is 1.08 bits per heavy atom. The molecule has 2 unspecified atom stereocenters. The first-order valence-electron chi connectivity index (χ1n) is 8.44. The van der Waals surface area contributed by atoms with Crippen molar-refractivity contribution in [3.8, 4) is 11.5 Å². The van der Waals surface area contributed by atoms with E-state index in [1.54, 1.807) is 19.2 Å². The second-order valence-electron chi connectivity index (χ2n) is 5.69. The number of halogens is 1. The smallest absolute Gasteiger partial charge is 0.261 e. The van der Waals surface area contributed by atoms with E-state index in [0.29, 0.717) is 17.2 Å². The standard InChI is InChI=1S/C20H24ClNO3/c1-4-17(14-10-12-15(24-3)13-11-14)22-20(23)18(5-2)25-19-9-7-6-8-16(19)21/h6-13,17-18H,4-5H2,1-3H3,(H,22,23). The highest BCUT2D eigenvalue weighted by Gasteiger charge is 2.22. The molecule has 1 N–H and O–H groups in total. The summed E-state index contributed by atoms with van der Waals surface area (Å²) in [6.45, 7) is 3.94. The predicted molar refractivity (Wildman–Crippen MR) is 100 cm³/mol. The molecular weight excluding hydrogens is 338 g/mol. The van der Waals surface area contributed by atoms with Crippen LogP contribution in [-0.4, -0.2) is 19.1 Å². The third-order valence-electron chi connectivity index (χ3n) is 4.01. The zero-order chi connectivity index (χ0) is 18.2. The second-order valence-corrected chi connectivity index (χ2v) is 6.09. The number of methoxy groups -OCH3 is 1. The molecule has 5 heteroatoms. The Kier molecular flexibility index (Phi) is 7.14. The van der Waals surface area contributed by atoms with Crippen molar-refractivity contribution in [2.24, 2.45) is 0 Å². The van der Waals surface area contributed by atoms with Gasteiger partial charge in [0.05, 0.1) is 18.2 Å². The van der Waals surface area contributed by atoms with Crippen molar-refractivity contribution in [3.63, 3.8) is 0 Å². The van der Waals surface area contributed by atoms with E-state index < -0.39 is 6.10 Å². The third kappa shape index (κ3) is 5.13. The van der Waals surface area contributed by atoms with Gasteiger partial charge >= 0.3 is 0 Å². The van der Waals surface area contributed by atoms with Crippen molar-refractivity contribution in [1.82, 2.24) is 5.32 Å². The van der Waals surface area contributed by atoms with Gasteiger partial charge in [0, 0.05) is 0 Å². The van der Waals surface area contributed by atoms with E-state index in [9.17, 15) is 4.79 Å². The van der Waals surface area contributed by atoms with Gasteiger partial charge < -0.3 is 14.8 Å². The lowest BCUT2D eigenvalue weighted by atomic mass is 10.0. The molecule has 25 heavy (non-hydrogen) atoms. The fourth-order valence-corrected chi connectivity index (χ4v) is 2.72. The van der Waals surface area contributed by atoms with Crippen LogP contribution in [0.3, 0.4) is 0 Å². The lowest BCUT2D eigenvalue weighted by Gasteiger charge is -2.23. The first-order chi connectivity index (χ1) is 12.1. The van der Waals surface area contributed by atoms with Gasteiger partial charge in [-0.15, -0.1) is 0 Å². The fourth-order valence-electron chi connectivity index (χ4n) is 2.54. The molecule has 0 saturated carbocycles. The van der Waals surface area contributed by atoms with Crippen LogP contribution in [0.15, 0.2) is 48.5 Å². The number of ether oxygens (including phenoxy) is 2. The van der Waals surface area contributed by atoms with Crippen molar-refractivity contribution >= 4 is 17.5 Å². The molecule has 4 nitrogen and oxygen atoms in total. The molecule has 0 bridgehead atoms. The number of para-hydroxylation sites is 1. The predicted octanol–water partition coefficient (Wildman–Crippen LogP) is 4.77. The van der Waals surface area contributed by atoms with Crippen LogP contribution < -0.4 is 14.8 Å². The lowest BCUT2D eigenvalue weighted by Crippen LogP contribution is -2.40. The van der Waals surface area contributed by atoms with Gasteiger partial charge in [0.2, 0.25) is 0 Å². The van der Waals surface area contributed by atoms with Crippen molar-refractivity contribution in [3.05, 3.63) is 59.1 Å². The van der Waals surface area contributed by atoms with Crippen LogP contribution in [-0.2, 0) is 4.79 Å². The molecule has 0 spiro atoms. The Balaban J connectivity index is 2.06. The van der Waals surface area contributed by atoms with Gasteiger partial charge in [0.15, 0.2) is 6.10 Å². The van der Waals surface area contributed by atoms with Crippen LogP contribution in [0, 0.1) is 0 Å². The average molecular weight is 362 g/mol. The SMILES string of the molecule is CCC(Oc1ccccc1Cl)C(=O)NC(CC)c1ccc(OC)cc1. The molecular formula is C20H24ClNO3. The number of carbonyl (C=O) groups is 1. The third-order valence-corrected chi connectivity index (χ3v) is 4.32. The number of benzene rings is 2. The monoisotopic (exact) mass is 361 g/mol. The van der Waals surface area contributed by atoms with Crippen LogP contribution in [0.25, 0.3) is 0 Å². The maximum atomic E-state index is 12.7. The van der Waals surface area contributed by atoms with E-state index in [1.165, 1.54) is 0 Å². The maximum Gasteiger partial charge on any atom is 0.261 e. The number of hydrogen-bond acceptors (Lipinski definition) is 3. The van der Waals surface area contributed by atoms with Crippen molar-refractivity contribution < 1.29 is 14.3 Å². The van der Waals surface area contributed by atoms with Gasteiger partial charge in [-0.25, -0.2) is 0 Å². The Labute approximate surface area is 154 Å². The van der Waals surface area contributed by atoms with Crippen molar-refractivity contribution in [2.45, 2.75) is 38.8 Å². The minimum Gasteiger partial charge on any atom is -0.497 e. The molecule has 1 amide bonds. The van der Waals surface area contributed by atoms with Crippen molar-refractivity contribution in [1.29, 1.82) is 0 Å². The van der Waals surface area contributed by atoms with Gasteiger partial charge in [0.25, 0.3) is 5.91 Å². The Morgan fingerprint density at radius 2 is 1.76 bits per heavy atom. The molecule has 2 atom stereocenters. The number of carbonyl (C=O) groups excluding carboxylic acids is 1. The molecule has 2 rings (SSSR count). The summed E-state index contributed by atoms with van der Waals surface area (Å²) in [5.41, 5.74) is 1.03. The topological polar surface area (TPSA) is 47.6 Å². The summed E-state index contributed by atoms with van der Waals surface area (Å²) in [6, 6.07) is 14.8. The molecule has 0 saturated heterocycles. The molecule has 0 radical (unpaired) electrons. The van der Waals surface area contributed by atoms with E-state index in [0.717, 1.165) is 17.7 Å². The minimum atomic E-state index is -0.591.